The van der Waals surface area contributed by atoms with E-state index in [0.717, 1.165) is 24.9 Å². The third-order valence-corrected chi connectivity index (χ3v) is 2.49. The van der Waals surface area contributed by atoms with Gasteiger partial charge in [0.05, 0.1) is 12.8 Å². The molecule has 1 aromatic rings. The molecule has 3 heteroatoms. The summed E-state index contributed by atoms with van der Waals surface area (Å²) in [6.07, 6.45) is 4.42. The Balaban J connectivity index is 1.59. The fraction of sp³-hybridized carbons (Fsp3) is 0.636. The highest BCUT2D eigenvalue weighted by molar-refractivity contribution is 4.97. The van der Waals surface area contributed by atoms with Crippen LogP contribution in [-0.2, 0) is 6.54 Å². The van der Waals surface area contributed by atoms with Crippen LogP contribution in [0, 0.1) is 0 Å². The normalized spacial score (nSPS) is 18.4. The zero-order valence-electron chi connectivity index (χ0n) is 8.62. The van der Waals surface area contributed by atoms with Crippen LogP contribution in [0.4, 0.5) is 0 Å². The molecule has 2 rings (SSSR count). The van der Waals surface area contributed by atoms with Crippen LogP contribution in [-0.4, -0.2) is 18.6 Å². The molecule has 0 bridgehead atoms. The Morgan fingerprint density at radius 3 is 3.07 bits per heavy atom. The van der Waals surface area contributed by atoms with Crippen molar-refractivity contribution in [2.45, 2.75) is 38.4 Å². The zero-order valence-corrected chi connectivity index (χ0v) is 8.62. The molecule has 14 heavy (non-hydrogen) atoms. The van der Waals surface area contributed by atoms with Crippen molar-refractivity contribution < 1.29 is 4.42 Å². The van der Waals surface area contributed by atoms with Crippen LogP contribution < -0.4 is 10.6 Å². The van der Waals surface area contributed by atoms with Gasteiger partial charge in [-0.3, -0.25) is 0 Å². The Kier molecular flexibility index (Phi) is 3.22. The molecule has 0 aliphatic heterocycles. The first kappa shape index (κ1) is 9.74. The van der Waals surface area contributed by atoms with Gasteiger partial charge in [-0.25, -0.2) is 0 Å². The van der Waals surface area contributed by atoms with Gasteiger partial charge in [0.25, 0.3) is 0 Å². The molecule has 1 atom stereocenters. The lowest BCUT2D eigenvalue weighted by Crippen LogP contribution is -2.36. The maximum absolute atomic E-state index is 5.24. The second-order valence-corrected chi connectivity index (χ2v) is 4.04. The van der Waals surface area contributed by atoms with Gasteiger partial charge in [-0.1, -0.05) is 0 Å². The summed E-state index contributed by atoms with van der Waals surface area (Å²) in [6.45, 7) is 4.06. The van der Waals surface area contributed by atoms with Crippen LogP contribution >= 0.6 is 0 Å². The van der Waals surface area contributed by atoms with Gasteiger partial charge in [-0.05, 0) is 31.9 Å². The van der Waals surface area contributed by atoms with Crippen LogP contribution in [0.2, 0.25) is 0 Å². The monoisotopic (exact) mass is 194 g/mol. The van der Waals surface area contributed by atoms with Crippen LogP contribution in [0.25, 0.3) is 0 Å². The smallest absolute Gasteiger partial charge is 0.117 e. The molecule has 0 spiro atoms. The molecule has 1 fully saturated rings. The highest BCUT2D eigenvalue weighted by Gasteiger charge is 2.20. The van der Waals surface area contributed by atoms with E-state index in [0.29, 0.717) is 6.04 Å². The van der Waals surface area contributed by atoms with Crippen molar-refractivity contribution >= 4 is 0 Å². The molecule has 0 aromatic carbocycles. The Morgan fingerprint density at radius 2 is 2.43 bits per heavy atom. The molecule has 1 unspecified atom stereocenters. The van der Waals surface area contributed by atoms with Gasteiger partial charge in [-0.15, -0.1) is 0 Å². The molecule has 1 aliphatic carbocycles. The summed E-state index contributed by atoms with van der Waals surface area (Å²) in [5, 5.41) is 6.91. The molecular weight excluding hydrogens is 176 g/mol. The van der Waals surface area contributed by atoms with Crippen LogP contribution in [0.1, 0.15) is 25.5 Å². The van der Waals surface area contributed by atoms with E-state index in [1.807, 2.05) is 12.1 Å². The van der Waals surface area contributed by atoms with E-state index < -0.39 is 0 Å². The first-order valence-electron chi connectivity index (χ1n) is 5.34. The van der Waals surface area contributed by atoms with Crippen LogP contribution in [0.3, 0.4) is 0 Å². The first-order valence-corrected chi connectivity index (χ1v) is 5.34. The molecule has 1 aliphatic rings. The SMILES string of the molecule is CC(CNC1CC1)NCc1ccco1. The fourth-order valence-corrected chi connectivity index (χ4v) is 1.39. The van der Waals surface area contributed by atoms with E-state index in [1.165, 1.54) is 12.8 Å². The van der Waals surface area contributed by atoms with Crippen LogP contribution in [0.5, 0.6) is 0 Å². The van der Waals surface area contributed by atoms with Crippen molar-refractivity contribution in [3.8, 4) is 0 Å². The average Bonchev–Trinajstić information content (AvgIpc) is 2.87. The summed E-state index contributed by atoms with van der Waals surface area (Å²) in [7, 11) is 0. The van der Waals surface area contributed by atoms with Gasteiger partial charge in [0.1, 0.15) is 5.76 Å². The molecule has 0 saturated heterocycles. The maximum Gasteiger partial charge on any atom is 0.117 e. The van der Waals surface area contributed by atoms with Crippen molar-refractivity contribution in [2.75, 3.05) is 6.54 Å². The van der Waals surface area contributed by atoms with E-state index in [9.17, 15) is 0 Å². The van der Waals surface area contributed by atoms with E-state index in [-0.39, 0.29) is 0 Å². The molecule has 2 N–H and O–H groups in total. The molecular formula is C11H18N2O. The lowest BCUT2D eigenvalue weighted by atomic mass is 10.3. The number of rotatable bonds is 6. The topological polar surface area (TPSA) is 37.2 Å². The predicted molar refractivity (Wildman–Crippen MR) is 56.0 cm³/mol. The molecule has 1 saturated carbocycles. The van der Waals surface area contributed by atoms with Crippen molar-refractivity contribution in [2.24, 2.45) is 0 Å². The van der Waals surface area contributed by atoms with Crippen molar-refractivity contribution in [3.05, 3.63) is 24.2 Å². The summed E-state index contributed by atoms with van der Waals surface area (Å²) in [4.78, 5) is 0. The Hall–Kier alpha value is -0.800. The highest BCUT2D eigenvalue weighted by atomic mass is 16.3. The summed E-state index contributed by atoms with van der Waals surface area (Å²) in [6, 6.07) is 5.21. The third-order valence-electron chi connectivity index (χ3n) is 2.49. The van der Waals surface area contributed by atoms with Gasteiger partial charge < -0.3 is 15.1 Å². The van der Waals surface area contributed by atoms with Gasteiger partial charge in [0.15, 0.2) is 0 Å². The summed E-state index contributed by atoms with van der Waals surface area (Å²) >= 11 is 0. The maximum atomic E-state index is 5.24. The number of nitrogens with one attached hydrogen (secondary N) is 2. The van der Waals surface area contributed by atoms with Crippen molar-refractivity contribution in [1.82, 2.24) is 10.6 Å². The fourth-order valence-electron chi connectivity index (χ4n) is 1.39. The van der Waals surface area contributed by atoms with Gasteiger partial charge in [0.2, 0.25) is 0 Å². The van der Waals surface area contributed by atoms with Gasteiger partial charge >= 0.3 is 0 Å². The van der Waals surface area contributed by atoms with E-state index in [2.05, 4.69) is 17.6 Å². The lowest BCUT2D eigenvalue weighted by Gasteiger charge is -2.13. The van der Waals surface area contributed by atoms with Gasteiger partial charge in [0, 0.05) is 18.6 Å². The molecule has 1 heterocycles. The number of furan rings is 1. The van der Waals surface area contributed by atoms with E-state index in [4.69, 9.17) is 4.42 Å². The third kappa shape index (κ3) is 3.16. The Morgan fingerprint density at radius 1 is 1.57 bits per heavy atom. The minimum atomic E-state index is 0.501. The van der Waals surface area contributed by atoms with Gasteiger partial charge in [-0.2, -0.15) is 0 Å². The van der Waals surface area contributed by atoms with E-state index >= 15 is 0 Å². The molecule has 78 valence electrons. The predicted octanol–water partition coefficient (Wildman–Crippen LogP) is 1.51. The Labute approximate surface area is 84.9 Å². The Bertz CT molecular complexity index is 254. The standard InChI is InChI=1S/C11H18N2O/c1-9(7-13-10-4-5-10)12-8-11-3-2-6-14-11/h2-3,6,9-10,12-13H,4-5,7-8H2,1H3. The number of hydrogen-bond donors (Lipinski definition) is 2. The molecule has 3 nitrogen and oxygen atoms in total. The van der Waals surface area contributed by atoms with Crippen LogP contribution in [0.15, 0.2) is 22.8 Å². The average molecular weight is 194 g/mol. The highest BCUT2D eigenvalue weighted by Crippen LogP contribution is 2.18. The second kappa shape index (κ2) is 4.62. The second-order valence-electron chi connectivity index (χ2n) is 4.04. The van der Waals surface area contributed by atoms with E-state index in [1.54, 1.807) is 6.26 Å². The number of hydrogen-bond acceptors (Lipinski definition) is 3. The lowest BCUT2D eigenvalue weighted by molar-refractivity contribution is 0.441. The molecule has 0 radical (unpaired) electrons. The zero-order chi connectivity index (χ0) is 9.80. The summed E-state index contributed by atoms with van der Waals surface area (Å²) in [5.74, 6) is 1.00. The summed E-state index contributed by atoms with van der Waals surface area (Å²) < 4.78 is 5.24. The minimum Gasteiger partial charge on any atom is -0.468 e. The van der Waals surface area contributed by atoms with Crippen molar-refractivity contribution in [3.63, 3.8) is 0 Å². The molecule has 1 aromatic heterocycles. The largest absolute Gasteiger partial charge is 0.468 e. The quantitative estimate of drug-likeness (QED) is 0.720. The van der Waals surface area contributed by atoms with Crippen molar-refractivity contribution in [1.29, 1.82) is 0 Å². The summed E-state index contributed by atoms with van der Waals surface area (Å²) in [5.41, 5.74) is 0. The molecule has 0 amide bonds. The minimum absolute atomic E-state index is 0.501. The first-order chi connectivity index (χ1) is 6.84.